The molecule has 7 nitrogen and oxygen atoms in total. The lowest BCUT2D eigenvalue weighted by molar-refractivity contribution is 0.340. The molecule has 2 heterocycles. The van der Waals surface area contributed by atoms with Crippen molar-refractivity contribution in [1.29, 1.82) is 0 Å². The van der Waals surface area contributed by atoms with Crippen LogP contribution >= 0.6 is 0 Å². The molecule has 1 aliphatic rings. The molecule has 28 heavy (non-hydrogen) atoms. The Balaban J connectivity index is 1.59. The fourth-order valence-electron chi connectivity index (χ4n) is 3.53. The summed E-state index contributed by atoms with van der Waals surface area (Å²) in [5, 5.41) is 11.1. The summed E-state index contributed by atoms with van der Waals surface area (Å²) in [5.74, 6) is 0.912. The van der Waals surface area contributed by atoms with E-state index in [4.69, 9.17) is 10.5 Å². The van der Waals surface area contributed by atoms with Gasteiger partial charge in [0.1, 0.15) is 11.6 Å². The number of imidazole rings is 1. The molecule has 0 amide bonds. The number of fused-ring (bicyclic) bond motifs is 1. The molecular weight excluding hydrogens is 359 g/mol. The molecule has 148 valence electrons. The summed E-state index contributed by atoms with van der Waals surface area (Å²) in [6.07, 6.45) is 5.10. The third-order valence-electron chi connectivity index (χ3n) is 4.99. The van der Waals surface area contributed by atoms with Crippen LogP contribution in [0.5, 0.6) is 5.75 Å². The SMILES string of the molecule is CCOc1ccc(Nc2cc(NC3CCC(N)CC3)nn3c(F)cnc23)cc1. The number of anilines is 3. The first-order valence-electron chi connectivity index (χ1n) is 9.68. The molecule has 0 atom stereocenters. The first-order chi connectivity index (χ1) is 13.6. The largest absolute Gasteiger partial charge is 0.494 e. The summed E-state index contributed by atoms with van der Waals surface area (Å²) in [6.45, 7) is 2.56. The summed E-state index contributed by atoms with van der Waals surface area (Å²) in [4.78, 5) is 4.15. The Morgan fingerprint density at radius 2 is 1.96 bits per heavy atom. The Kier molecular flexibility index (Phi) is 5.29. The summed E-state index contributed by atoms with van der Waals surface area (Å²) < 4.78 is 20.9. The van der Waals surface area contributed by atoms with Gasteiger partial charge in [0.15, 0.2) is 5.65 Å². The molecule has 0 unspecified atom stereocenters. The molecule has 3 aromatic rings. The second-order valence-corrected chi connectivity index (χ2v) is 7.10. The van der Waals surface area contributed by atoms with Gasteiger partial charge in [-0.1, -0.05) is 0 Å². The van der Waals surface area contributed by atoms with Gasteiger partial charge >= 0.3 is 0 Å². The van der Waals surface area contributed by atoms with E-state index in [1.165, 1.54) is 10.7 Å². The van der Waals surface area contributed by atoms with Crippen LogP contribution < -0.4 is 21.1 Å². The van der Waals surface area contributed by atoms with Crippen LogP contribution in [0.1, 0.15) is 32.6 Å². The monoisotopic (exact) mass is 384 g/mol. The van der Waals surface area contributed by atoms with Crippen LogP contribution in [0, 0.1) is 5.95 Å². The standard InChI is InChI=1S/C20H25FN6O/c1-2-28-16-9-7-14(8-10-16)24-17-11-19(25-15-5-3-13(22)4-6-15)26-27-18(21)12-23-20(17)27/h7-13,15,24H,2-6,22H2,1H3,(H,25,26). The maximum Gasteiger partial charge on any atom is 0.234 e. The Morgan fingerprint density at radius 1 is 1.21 bits per heavy atom. The molecule has 0 saturated heterocycles. The van der Waals surface area contributed by atoms with Crippen molar-refractivity contribution in [3.05, 3.63) is 42.5 Å². The molecule has 0 spiro atoms. The lowest BCUT2D eigenvalue weighted by Gasteiger charge is -2.27. The van der Waals surface area contributed by atoms with Gasteiger partial charge in [-0.15, -0.1) is 5.10 Å². The topological polar surface area (TPSA) is 89.5 Å². The van der Waals surface area contributed by atoms with Crippen LogP contribution in [0.25, 0.3) is 5.65 Å². The number of aromatic nitrogens is 3. The molecule has 1 fully saturated rings. The van der Waals surface area contributed by atoms with Crippen LogP contribution in [0.4, 0.5) is 21.6 Å². The van der Waals surface area contributed by atoms with Gasteiger partial charge in [-0.2, -0.15) is 8.91 Å². The highest BCUT2D eigenvalue weighted by molar-refractivity contribution is 5.76. The van der Waals surface area contributed by atoms with Crippen molar-refractivity contribution < 1.29 is 9.13 Å². The highest BCUT2D eigenvalue weighted by atomic mass is 19.1. The number of hydrogen-bond donors (Lipinski definition) is 3. The lowest BCUT2D eigenvalue weighted by atomic mass is 9.92. The molecule has 8 heteroatoms. The number of rotatable bonds is 6. The van der Waals surface area contributed by atoms with Crippen molar-refractivity contribution in [3.8, 4) is 5.75 Å². The molecule has 1 saturated carbocycles. The minimum atomic E-state index is -0.501. The third kappa shape index (κ3) is 4.01. The maximum absolute atomic E-state index is 14.2. The summed E-state index contributed by atoms with van der Waals surface area (Å²) in [6, 6.07) is 10.0. The van der Waals surface area contributed by atoms with Gasteiger partial charge in [-0.3, -0.25) is 0 Å². The number of ether oxygens (including phenoxy) is 1. The third-order valence-corrected chi connectivity index (χ3v) is 4.99. The van der Waals surface area contributed by atoms with Crippen LogP contribution in [0.2, 0.25) is 0 Å². The van der Waals surface area contributed by atoms with E-state index < -0.39 is 5.95 Å². The summed E-state index contributed by atoms with van der Waals surface area (Å²) in [7, 11) is 0. The molecular formula is C20H25FN6O. The molecule has 0 aliphatic heterocycles. The van der Waals surface area contributed by atoms with E-state index in [0.717, 1.165) is 37.1 Å². The normalized spacial score (nSPS) is 19.5. The van der Waals surface area contributed by atoms with Gasteiger partial charge < -0.3 is 21.1 Å². The van der Waals surface area contributed by atoms with Crippen LogP contribution in [0.15, 0.2) is 36.5 Å². The minimum absolute atomic E-state index is 0.275. The molecule has 4 N–H and O–H groups in total. The summed E-state index contributed by atoms with van der Waals surface area (Å²) in [5.41, 5.74) is 7.95. The van der Waals surface area contributed by atoms with Crippen molar-refractivity contribution in [2.24, 2.45) is 5.73 Å². The molecule has 2 aromatic heterocycles. The van der Waals surface area contributed by atoms with Gasteiger partial charge in [0.2, 0.25) is 5.95 Å². The Hall–Kier alpha value is -2.87. The highest BCUT2D eigenvalue weighted by Crippen LogP contribution is 2.27. The molecule has 1 aromatic carbocycles. The number of hydrogen-bond acceptors (Lipinski definition) is 6. The predicted octanol–water partition coefficient (Wildman–Crippen LogP) is 3.69. The Labute approximate surface area is 163 Å². The first kappa shape index (κ1) is 18.5. The van der Waals surface area contributed by atoms with Crippen molar-refractivity contribution >= 4 is 22.8 Å². The van der Waals surface area contributed by atoms with Crippen LogP contribution in [-0.4, -0.2) is 33.3 Å². The van der Waals surface area contributed by atoms with E-state index in [1.54, 1.807) is 0 Å². The first-order valence-corrected chi connectivity index (χ1v) is 9.68. The number of nitrogens with two attached hydrogens (primary N) is 1. The average Bonchev–Trinajstić information content (AvgIpc) is 3.07. The van der Waals surface area contributed by atoms with Crippen LogP contribution in [-0.2, 0) is 0 Å². The van der Waals surface area contributed by atoms with E-state index in [0.29, 0.717) is 23.8 Å². The zero-order valence-corrected chi connectivity index (χ0v) is 15.9. The molecule has 0 bridgehead atoms. The second-order valence-electron chi connectivity index (χ2n) is 7.10. The number of nitrogens with one attached hydrogen (secondary N) is 2. The van der Waals surface area contributed by atoms with Crippen molar-refractivity contribution in [1.82, 2.24) is 14.6 Å². The second kappa shape index (κ2) is 8.02. The maximum atomic E-state index is 14.2. The number of halogens is 1. The quantitative estimate of drug-likeness (QED) is 0.601. The lowest BCUT2D eigenvalue weighted by Crippen LogP contribution is -2.33. The van der Waals surface area contributed by atoms with Gasteiger partial charge in [0.05, 0.1) is 18.5 Å². The Morgan fingerprint density at radius 3 is 2.68 bits per heavy atom. The van der Waals surface area contributed by atoms with E-state index in [1.807, 2.05) is 37.3 Å². The predicted molar refractivity (Wildman–Crippen MR) is 108 cm³/mol. The van der Waals surface area contributed by atoms with E-state index in [-0.39, 0.29) is 12.1 Å². The Bertz CT molecular complexity index is 934. The molecule has 4 rings (SSSR count). The number of benzene rings is 1. The highest BCUT2D eigenvalue weighted by Gasteiger charge is 2.20. The zero-order valence-electron chi connectivity index (χ0n) is 15.9. The average molecular weight is 384 g/mol. The van der Waals surface area contributed by atoms with E-state index in [2.05, 4.69) is 20.7 Å². The van der Waals surface area contributed by atoms with E-state index >= 15 is 0 Å². The minimum Gasteiger partial charge on any atom is -0.494 e. The van der Waals surface area contributed by atoms with Crippen LogP contribution in [0.3, 0.4) is 0 Å². The van der Waals surface area contributed by atoms with E-state index in [9.17, 15) is 4.39 Å². The van der Waals surface area contributed by atoms with Gasteiger partial charge in [0.25, 0.3) is 0 Å². The number of nitrogens with zero attached hydrogens (tertiary/aromatic N) is 3. The fraction of sp³-hybridized carbons (Fsp3) is 0.400. The van der Waals surface area contributed by atoms with Crippen molar-refractivity contribution in [3.63, 3.8) is 0 Å². The molecule has 0 radical (unpaired) electrons. The summed E-state index contributed by atoms with van der Waals surface area (Å²) >= 11 is 0. The zero-order chi connectivity index (χ0) is 19.5. The van der Waals surface area contributed by atoms with Gasteiger partial charge in [-0.25, -0.2) is 4.98 Å². The van der Waals surface area contributed by atoms with Crippen molar-refractivity contribution in [2.75, 3.05) is 17.2 Å². The molecule has 1 aliphatic carbocycles. The van der Waals surface area contributed by atoms with Crippen molar-refractivity contribution in [2.45, 2.75) is 44.7 Å². The van der Waals surface area contributed by atoms with Gasteiger partial charge in [-0.05, 0) is 56.9 Å². The van der Waals surface area contributed by atoms with Gasteiger partial charge in [0, 0.05) is 23.8 Å². The fourth-order valence-corrected chi connectivity index (χ4v) is 3.53. The smallest absolute Gasteiger partial charge is 0.234 e.